The molecule has 0 bridgehead atoms. The summed E-state index contributed by atoms with van der Waals surface area (Å²) in [6.07, 6.45) is 3.89. The van der Waals surface area contributed by atoms with Crippen molar-refractivity contribution in [1.29, 1.82) is 0 Å². The summed E-state index contributed by atoms with van der Waals surface area (Å²) in [5, 5.41) is 0. The Morgan fingerprint density at radius 3 is 2.41 bits per heavy atom. The fourth-order valence-corrected chi connectivity index (χ4v) is 2.41. The molecule has 4 heteroatoms. The van der Waals surface area contributed by atoms with Crippen molar-refractivity contribution in [3.63, 3.8) is 0 Å². The number of nitrogens with zero attached hydrogens (tertiary/aromatic N) is 2. The van der Waals surface area contributed by atoms with Crippen LogP contribution < -0.4 is 4.74 Å². The Morgan fingerprint density at radius 1 is 1.00 bits per heavy atom. The molecule has 1 heterocycles. The molecule has 0 radical (unpaired) electrons. The van der Waals surface area contributed by atoms with Crippen molar-refractivity contribution < 1.29 is 4.74 Å². The molecule has 0 spiro atoms. The molecule has 3 rings (SSSR count). The van der Waals surface area contributed by atoms with Gasteiger partial charge in [0.15, 0.2) is 0 Å². The first kappa shape index (κ1) is 14.6. The number of benzene rings is 2. The molecule has 22 heavy (non-hydrogen) atoms. The van der Waals surface area contributed by atoms with Gasteiger partial charge < -0.3 is 9.30 Å². The summed E-state index contributed by atoms with van der Waals surface area (Å²) >= 11 is 3.45. The van der Waals surface area contributed by atoms with Crippen LogP contribution in [0.5, 0.6) is 5.75 Å². The normalized spacial score (nSPS) is 11.0. The molecule has 0 atom stereocenters. The number of methoxy groups -OCH3 is 1. The van der Waals surface area contributed by atoms with Crippen molar-refractivity contribution in [1.82, 2.24) is 4.57 Å². The minimum absolute atomic E-state index is 0.831. The first-order valence-electron chi connectivity index (χ1n) is 6.88. The van der Waals surface area contributed by atoms with E-state index < -0.39 is 0 Å². The Morgan fingerprint density at radius 2 is 1.73 bits per heavy atom. The zero-order chi connectivity index (χ0) is 15.4. The van der Waals surface area contributed by atoms with Gasteiger partial charge in [0.05, 0.1) is 24.7 Å². The van der Waals surface area contributed by atoms with Crippen molar-refractivity contribution in [2.24, 2.45) is 4.99 Å². The van der Waals surface area contributed by atoms with Crippen molar-refractivity contribution in [2.75, 3.05) is 7.11 Å². The van der Waals surface area contributed by atoms with Gasteiger partial charge in [0.2, 0.25) is 0 Å². The smallest absolute Gasteiger partial charge is 0.119 e. The maximum atomic E-state index is 5.15. The van der Waals surface area contributed by atoms with Gasteiger partial charge in [0.1, 0.15) is 5.75 Å². The van der Waals surface area contributed by atoms with E-state index in [4.69, 9.17) is 4.74 Å². The van der Waals surface area contributed by atoms with Crippen molar-refractivity contribution >= 4 is 27.8 Å². The topological polar surface area (TPSA) is 26.5 Å². The highest BCUT2D eigenvalue weighted by atomic mass is 79.9. The predicted molar refractivity (Wildman–Crippen MR) is 93.7 cm³/mol. The molecule has 0 N–H and O–H groups in total. The Balaban J connectivity index is 1.85. The number of rotatable bonds is 4. The van der Waals surface area contributed by atoms with Crippen LogP contribution in [0.1, 0.15) is 5.69 Å². The fraction of sp³-hybridized carbons (Fsp3) is 0.0556. The predicted octanol–water partition coefficient (Wildman–Crippen LogP) is 5.00. The number of aliphatic imine (C=N–C) groups is 1. The van der Waals surface area contributed by atoms with E-state index in [1.807, 2.05) is 60.9 Å². The van der Waals surface area contributed by atoms with E-state index in [9.17, 15) is 0 Å². The molecule has 2 aromatic carbocycles. The molecular weight excluding hydrogens is 340 g/mol. The number of halogens is 1. The molecule has 0 unspecified atom stereocenters. The van der Waals surface area contributed by atoms with Crippen LogP contribution in [-0.4, -0.2) is 17.9 Å². The molecule has 0 aliphatic carbocycles. The number of ether oxygens (including phenoxy) is 1. The van der Waals surface area contributed by atoms with Crippen LogP contribution in [0.3, 0.4) is 0 Å². The lowest BCUT2D eigenvalue weighted by molar-refractivity contribution is 0.415. The van der Waals surface area contributed by atoms with Gasteiger partial charge in [0, 0.05) is 16.4 Å². The molecular formula is C18H15BrN2O. The van der Waals surface area contributed by atoms with E-state index in [2.05, 4.69) is 37.6 Å². The van der Waals surface area contributed by atoms with Gasteiger partial charge in [-0.15, -0.1) is 0 Å². The maximum absolute atomic E-state index is 5.15. The van der Waals surface area contributed by atoms with E-state index >= 15 is 0 Å². The summed E-state index contributed by atoms with van der Waals surface area (Å²) in [6.45, 7) is 0. The summed E-state index contributed by atoms with van der Waals surface area (Å²) in [5.74, 6) is 0.831. The Kier molecular flexibility index (Phi) is 4.39. The van der Waals surface area contributed by atoms with Gasteiger partial charge in [-0.05, 0) is 60.7 Å². The summed E-state index contributed by atoms with van der Waals surface area (Å²) < 4.78 is 8.31. The summed E-state index contributed by atoms with van der Waals surface area (Å²) in [5.41, 5.74) is 3.02. The zero-order valence-corrected chi connectivity index (χ0v) is 13.7. The Hall–Kier alpha value is -2.33. The second-order valence-corrected chi connectivity index (χ2v) is 5.65. The lowest BCUT2D eigenvalue weighted by Gasteiger charge is -2.06. The molecule has 0 saturated heterocycles. The minimum Gasteiger partial charge on any atom is -0.497 e. The number of hydrogen-bond donors (Lipinski definition) is 0. The summed E-state index contributed by atoms with van der Waals surface area (Å²) in [7, 11) is 1.66. The van der Waals surface area contributed by atoms with Gasteiger partial charge in [-0.2, -0.15) is 0 Å². The van der Waals surface area contributed by atoms with Gasteiger partial charge >= 0.3 is 0 Å². The average molecular weight is 355 g/mol. The molecule has 110 valence electrons. The van der Waals surface area contributed by atoms with Crippen LogP contribution in [0.4, 0.5) is 5.69 Å². The molecule has 0 aliphatic rings. The van der Waals surface area contributed by atoms with Crippen LogP contribution in [0, 0.1) is 0 Å². The number of aromatic nitrogens is 1. The van der Waals surface area contributed by atoms with Crippen LogP contribution in [0.25, 0.3) is 5.69 Å². The van der Waals surface area contributed by atoms with Crippen LogP contribution in [-0.2, 0) is 0 Å². The second-order valence-electron chi connectivity index (χ2n) is 4.74. The lowest BCUT2D eigenvalue weighted by Crippen LogP contribution is -1.97. The SMILES string of the molecule is COc1ccc(N=Cc2cccn2-c2ccc(Br)cc2)cc1. The zero-order valence-electron chi connectivity index (χ0n) is 12.1. The lowest BCUT2D eigenvalue weighted by atomic mass is 10.3. The highest BCUT2D eigenvalue weighted by molar-refractivity contribution is 9.10. The Labute approximate surface area is 138 Å². The van der Waals surface area contributed by atoms with E-state index in [1.54, 1.807) is 7.11 Å². The third-order valence-corrected chi connectivity index (χ3v) is 3.83. The quantitative estimate of drug-likeness (QED) is 0.605. The first-order chi connectivity index (χ1) is 10.8. The summed E-state index contributed by atoms with van der Waals surface area (Å²) in [6, 6.07) is 19.9. The molecule has 1 aromatic heterocycles. The highest BCUT2D eigenvalue weighted by Crippen LogP contribution is 2.19. The number of hydrogen-bond acceptors (Lipinski definition) is 2. The average Bonchev–Trinajstić information content (AvgIpc) is 3.02. The van der Waals surface area contributed by atoms with Crippen LogP contribution in [0.15, 0.2) is 76.3 Å². The molecule has 3 aromatic rings. The van der Waals surface area contributed by atoms with Crippen molar-refractivity contribution in [2.45, 2.75) is 0 Å². The monoisotopic (exact) mass is 354 g/mol. The van der Waals surface area contributed by atoms with E-state index in [0.717, 1.165) is 27.3 Å². The van der Waals surface area contributed by atoms with E-state index in [1.165, 1.54) is 0 Å². The van der Waals surface area contributed by atoms with Crippen LogP contribution in [0.2, 0.25) is 0 Å². The Bertz CT molecular complexity index is 774. The van der Waals surface area contributed by atoms with Crippen molar-refractivity contribution in [3.8, 4) is 11.4 Å². The molecule has 3 nitrogen and oxygen atoms in total. The third kappa shape index (κ3) is 3.28. The minimum atomic E-state index is 0.831. The van der Waals surface area contributed by atoms with Crippen molar-refractivity contribution in [3.05, 3.63) is 77.0 Å². The fourth-order valence-electron chi connectivity index (χ4n) is 2.15. The largest absolute Gasteiger partial charge is 0.497 e. The standard InChI is InChI=1S/C18H15BrN2O/c1-22-18-10-6-15(7-11-18)20-13-17-3-2-12-21(17)16-8-4-14(19)5-9-16/h2-13H,1H3. The van der Waals surface area contributed by atoms with Crippen LogP contribution >= 0.6 is 15.9 Å². The van der Waals surface area contributed by atoms with Gasteiger partial charge in [-0.1, -0.05) is 15.9 Å². The van der Waals surface area contributed by atoms with Gasteiger partial charge in [-0.3, -0.25) is 4.99 Å². The molecule has 0 aliphatic heterocycles. The molecule has 0 amide bonds. The summed E-state index contributed by atoms with van der Waals surface area (Å²) in [4.78, 5) is 4.52. The van der Waals surface area contributed by atoms with E-state index in [0.29, 0.717) is 0 Å². The van der Waals surface area contributed by atoms with E-state index in [-0.39, 0.29) is 0 Å². The maximum Gasteiger partial charge on any atom is 0.119 e. The van der Waals surface area contributed by atoms with Gasteiger partial charge in [-0.25, -0.2) is 0 Å². The van der Waals surface area contributed by atoms with Gasteiger partial charge in [0.25, 0.3) is 0 Å². The first-order valence-corrected chi connectivity index (χ1v) is 7.67. The third-order valence-electron chi connectivity index (χ3n) is 3.30. The molecule has 0 saturated carbocycles. The highest BCUT2D eigenvalue weighted by Gasteiger charge is 2.01. The second kappa shape index (κ2) is 6.62. The molecule has 0 fully saturated rings.